The van der Waals surface area contributed by atoms with Crippen LogP contribution in [0.1, 0.15) is 5.56 Å². The Kier molecular flexibility index (Phi) is 2.73. The standard InChI is InChI=1S/C8H5BrFNO2/c1-13-8-6(12)2-5(10)4(3-11)7(8)9/h2,12H,1H3. The van der Waals surface area contributed by atoms with Crippen LogP contribution in [-0.4, -0.2) is 12.2 Å². The first-order chi connectivity index (χ1) is 6.11. The van der Waals surface area contributed by atoms with Gasteiger partial charge < -0.3 is 9.84 Å². The predicted octanol–water partition coefficient (Wildman–Crippen LogP) is 2.17. The van der Waals surface area contributed by atoms with Crippen LogP contribution in [0.15, 0.2) is 10.5 Å². The second kappa shape index (κ2) is 3.62. The molecule has 13 heavy (non-hydrogen) atoms. The lowest BCUT2D eigenvalue weighted by Crippen LogP contribution is -1.92. The van der Waals surface area contributed by atoms with Crippen LogP contribution in [0, 0.1) is 17.1 Å². The minimum atomic E-state index is -0.785. The molecule has 1 N–H and O–H groups in total. The molecule has 0 radical (unpaired) electrons. The van der Waals surface area contributed by atoms with Gasteiger partial charge in [-0.1, -0.05) is 0 Å². The fraction of sp³-hybridized carbons (Fsp3) is 0.125. The van der Waals surface area contributed by atoms with Crippen LogP contribution in [0.5, 0.6) is 11.5 Å². The number of ether oxygens (including phenoxy) is 1. The van der Waals surface area contributed by atoms with E-state index in [0.29, 0.717) is 0 Å². The monoisotopic (exact) mass is 245 g/mol. The summed E-state index contributed by atoms with van der Waals surface area (Å²) in [5.74, 6) is -1.07. The lowest BCUT2D eigenvalue weighted by atomic mass is 10.2. The molecule has 0 unspecified atom stereocenters. The summed E-state index contributed by atoms with van der Waals surface area (Å²) in [6.45, 7) is 0. The van der Waals surface area contributed by atoms with Gasteiger partial charge in [0.2, 0.25) is 0 Å². The van der Waals surface area contributed by atoms with E-state index in [4.69, 9.17) is 10.00 Å². The minimum Gasteiger partial charge on any atom is -0.504 e. The second-order valence-corrected chi connectivity index (χ2v) is 3.00. The van der Waals surface area contributed by atoms with Crippen molar-refractivity contribution in [3.05, 3.63) is 21.9 Å². The maximum atomic E-state index is 13.0. The van der Waals surface area contributed by atoms with Crippen LogP contribution in [0.3, 0.4) is 0 Å². The molecule has 0 spiro atoms. The molecule has 0 bridgehead atoms. The number of rotatable bonds is 1. The third kappa shape index (κ3) is 1.58. The molecule has 68 valence electrons. The maximum absolute atomic E-state index is 13.0. The number of methoxy groups -OCH3 is 1. The topological polar surface area (TPSA) is 53.2 Å². The Morgan fingerprint density at radius 1 is 1.69 bits per heavy atom. The van der Waals surface area contributed by atoms with Crippen molar-refractivity contribution < 1.29 is 14.2 Å². The third-order valence-corrected chi connectivity index (χ3v) is 2.23. The van der Waals surface area contributed by atoms with Gasteiger partial charge in [0.1, 0.15) is 17.4 Å². The number of benzene rings is 1. The smallest absolute Gasteiger partial charge is 0.176 e. The van der Waals surface area contributed by atoms with Gasteiger partial charge in [-0.25, -0.2) is 4.39 Å². The molecule has 1 aromatic carbocycles. The molecule has 1 rings (SSSR count). The second-order valence-electron chi connectivity index (χ2n) is 2.21. The maximum Gasteiger partial charge on any atom is 0.176 e. The molecule has 0 amide bonds. The Hall–Kier alpha value is -1.28. The van der Waals surface area contributed by atoms with Crippen molar-refractivity contribution in [2.45, 2.75) is 0 Å². The van der Waals surface area contributed by atoms with E-state index in [1.807, 2.05) is 0 Å². The third-order valence-electron chi connectivity index (χ3n) is 1.47. The van der Waals surface area contributed by atoms with Crippen LogP contribution < -0.4 is 4.74 Å². The quantitative estimate of drug-likeness (QED) is 0.826. The van der Waals surface area contributed by atoms with Crippen LogP contribution in [0.2, 0.25) is 0 Å². The van der Waals surface area contributed by atoms with E-state index in [1.165, 1.54) is 7.11 Å². The highest BCUT2D eigenvalue weighted by Gasteiger charge is 2.16. The predicted molar refractivity (Wildman–Crippen MR) is 47.0 cm³/mol. The van der Waals surface area contributed by atoms with Crippen LogP contribution in [-0.2, 0) is 0 Å². The molecule has 5 heteroatoms. The Morgan fingerprint density at radius 2 is 2.31 bits per heavy atom. The summed E-state index contributed by atoms with van der Waals surface area (Å²) in [6, 6.07) is 2.49. The minimum absolute atomic E-state index is 0.0537. The molecule has 0 aliphatic carbocycles. The Balaban J connectivity index is 3.51. The first kappa shape index (κ1) is 9.81. The zero-order chi connectivity index (χ0) is 10.0. The van der Waals surface area contributed by atoms with Crippen molar-refractivity contribution in [3.8, 4) is 17.6 Å². The summed E-state index contributed by atoms with van der Waals surface area (Å²) in [5.41, 5.74) is -0.186. The van der Waals surface area contributed by atoms with Crippen molar-refractivity contribution >= 4 is 15.9 Å². The van der Waals surface area contributed by atoms with E-state index < -0.39 is 5.82 Å². The zero-order valence-electron chi connectivity index (χ0n) is 6.64. The van der Waals surface area contributed by atoms with Crippen molar-refractivity contribution in [3.63, 3.8) is 0 Å². The molecule has 0 fully saturated rings. The van der Waals surface area contributed by atoms with E-state index in [1.54, 1.807) is 6.07 Å². The number of phenols is 1. The van der Waals surface area contributed by atoms with Crippen LogP contribution in [0.4, 0.5) is 4.39 Å². The summed E-state index contributed by atoms with van der Waals surface area (Å²) in [6.07, 6.45) is 0. The van der Waals surface area contributed by atoms with E-state index in [9.17, 15) is 9.50 Å². The Bertz CT molecular complexity index is 387. The largest absolute Gasteiger partial charge is 0.504 e. The fourth-order valence-electron chi connectivity index (χ4n) is 0.885. The summed E-state index contributed by atoms with van der Waals surface area (Å²) in [4.78, 5) is 0. The number of hydrogen-bond donors (Lipinski definition) is 1. The number of phenolic OH excluding ortho intramolecular Hbond substituents is 1. The molecular formula is C8H5BrFNO2. The SMILES string of the molecule is COc1c(O)cc(F)c(C#N)c1Br. The van der Waals surface area contributed by atoms with E-state index >= 15 is 0 Å². The summed E-state index contributed by atoms with van der Waals surface area (Å²) < 4.78 is 17.8. The van der Waals surface area contributed by atoms with Gasteiger partial charge in [0.05, 0.1) is 11.6 Å². The van der Waals surface area contributed by atoms with Gasteiger partial charge in [-0.3, -0.25) is 0 Å². The average molecular weight is 246 g/mol. The number of hydrogen-bond acceptors (Lipinski definition) is 3. The Morgan fingerprint density at radius 3 is 2.77 bits per heavy atom. The van der Waals surface area contributed by atoms with Crippen molar-refractivity contribution in [2.75, 3.05) is 7.11 Å². The van der Waals surface area contributed by atoms with Crippen molar-refractivity contribution in [2.24, 2.45) is 0 Å². The average Bonchev–Trinajstić information content (AvgIpc) is 2.04. The highest BCUT2D eigenvalue weighted by molar-refractivity contribution is 9.10. The molecule has 3 nitrogen and oxygen atoms in total. The van der Waals surface area contributed by atoms with Gasteiger partial charge in [0.25, 0.3) is 0 Å². The highest BCUT2D eigenvalue weighted by Crippen LogP contribution is 2.37. The highest BCUT2D eigenvalue weighted by atomic mass is 79.9. The van der Waals surface area contributed by atoms with E-state index in [0.717, 1.165) is 6.07 Å². The Labute approximate surface area is 82.5 Å². The van der Waals surface area contributed by atoms with E-state index in [-0.39, 0.29) is 21.5 Å². The van der Waals surface area contributed by atoms with Crippen LogP contribution >= 0.6 is 15.9 Å². The van der Waals surface area contributed by atoms with Crippen LogP contribution in [0.25, 0.3) is 0 Å². The van der Waals surface area contributed by atoms with Gasteiger partial charge in [-0.2, -0.15) is 5.26 Å². The molecule has 0 saturated carbocycles. The van der Waals surface area contributed by atoms with Gasteiger partial charge in [0.15, 0.2) is 11.5 Å². The van der Waals surface area contributed by atoms with E-state index in [2.05, 4.69) is 15.9 Å². The zero-order valence-corrected chi connectivity index (χ0v) is 8.22. The first-order valence-electron chi connectivity index (χ1n) is 3.26. The summed E-state index contributed by atoms with van der Waals surface area (Å²) >= 11 is 2.96. The van der Waals surface area contributed by atoms with Gasteiger partial charge in [-0.15, -0.1) is 0 Å². The van der Waals surface area contributed by atoms with Gasteiger partial charge in [0, 0.05) is 6.07 Å². The summed E-state index contributed by atoms with van der Waals surface area (Å²) in [7, 11) is 1.32. The first-order valence-corrected chi connectivity index (χ1v) is 4.06. The summed E-state index contributed by atoms with van der Waals surface area (Å²) in [5, 5.41) is 17.7. The fourth-order valence-corrected chi connectivity index (χ4v) is 1.53. The molecule has 0 aliphatic rings. The molecular weight excluding hydrogens is 241 g/mol. The molecule has 0 atom stereocenters. The molecule has 1 aromatic rings. The number of nitrogens with zero attached hydrogens (tertiary/aromatic N) is 1. The molecule has 0 heterocycles. The molecule has 0 aromatic heterocycles. The van der Waals surface area contributed by atoms with Crippen molar-refractivity contribution in [1.82, 2.24) is 0 Å². The van der Waals surface area contributed by atoms with Gasteiger partial charge >= 0.3 is 0 Å². The number of aromatic hydroxyl groups is 1. The number of halogens is 2. The van der Waals surface area contributed by atoms with Gasteiger partial charge in [-0.05, 0) is 15.9 Å². The molecule has 0 aliphatic heterocycles. The molecule has 0 saturated heterocycles. The lowest BCUT2D eigenvalue weighted by Gasteiger charge is -2.07. The van der Waals surface area contributed by atoms with Crippen molar-refractivity contribution in [1.29, 1.82) is 5.26 Å². The lowest BCUT2D eigenvalue weighted by molar-refractivity contribution is 0.368. The number of nitriles is 1. The normalized spacial score (nSPS) is 9.38.